The molecular weight excluding hydrogens is 344 g/mol. The Morgan fingerprint density at radius 3 is 2.41 bits per heavy atom. The van der Waals surface area contributed by atoms with E-state index < -0.39 is 17.5 Å². The van der Waals surface area contributed by atoms with E-state index in [1.807, 2.05) is 6.92 Å². The number of hydrogen-bond donors (Lipinski definition) is 2. The molecule has 0 aromatic rings. The molecule has 148 valence electrons. The van der Waals surface area contributed by atoms with Gasteiger partial charge in [0.25, 0.3) is 0 Å². The molecule has 2 N–H and O–H groups in total. The Balaban J connectivity index is 2.10. The molecule has 0 saturated heterocycles. The topological polar surface area (TPSA) is 91.7 Å². The Morgan fingerprint density at radius 2 is 1.81 bits per heavy atom. The van der Waals surface area contributed by atoms with Crippen LogP contribution < -0.4 is 0 Å². The fourth-order valence-corrected chi connectivity index (χ4v) is 6.82. The molecule has 27 heavy (non-hydrogen) atoms. The summed E-state index contributed by atoms with van der Waals surface area (Å²) in [5.74, 6) is -0.945. The molecule has 0 spiro atoms. The van der Waals surface area contributed by atoms with Crippen molar-refractivity contribution in [1.29, 1.82) is 0 Å². The van der Waals surface area contributed by atoms with Gasteiger partial charge in [-0.3, -0.25) is 14.4 Å². The molecule has 3 aliphatic carbocycles. The van der Waals surface area contributed by atoms with E-state index in [4.69, 9.17) is 0 Å². The number of aliphatic hydroxyl groups excluding tert-OH is 1. The molecule has 0 radical (unpaired) electrons. The lowest BCUT2D eigenvalue weighted by Crippen LogP contribution is -2.61. The van der Waals surface area contributed by atoms with Crippen LogP contribution in [-0.4, -0.2) is 34.4 Å². The summed E-state index contributed by atoms with van der Waals surface area (Å²) >= 11 is 0. The van der Waals surface area contributed by atoms with Gasteiger partial charge in [0, 0.05) is 17.4 Å². The second-order valence-corrected chi connectivity index (χ2v) is 9.39. The first kappa shape index (κ1) is 20.0. The molecule has 3 fully saturated rings. The number of carbonyl (C=O) groups excluding carboxylic acids is 2. The first-order valence-electron chi connectivity index (χ1n) is 9.81. The van der Waals surface area contributed by atoms with Crippen LogP contribution in [0.2, 0.25) is 0 Å². The van der Waals surface area contributed by atoms with Gasteiger partial charge in [0.1, 0.15) is 6.29 Å². The number of ketones is 1. The van der Waals surface area contributed by atoms with Crippen molar-refractivity contribution in [3.8, 4) is 0 Å². The van der Waals surface area contributed by atoms with Gasteiger partial charge in [-0.05, 0) is 68.4 Å². The fourth-order valence-electron chi connectivity index (χ4n) is 6.82. The van der Waals surface area contributed by atoms with E-state index in [0.29, 0.717) is 25.5 Å². The highest BCUT2D eigenvalue weighted by Gasteiger charge is 2.67. The van der Waals surface area contributed by atoms with Crippen LogP contribution in [0.5, 0.6) is 0 Å². The number of carboxylic acids is 1. The number of hydrogen-bond acceptors (Lipinski definition) is 4. The fraction of sp³-hybridized carbons (Fsp3) is 0.682. The van der Waals surface area contributed by atoms with Gasteiger partial charge < -0.3 is 10.2 Å². The summed E-state index contributed by atoms with van der Waals surface area (Å²) in [5, 5.41) is 20.5. The Morgan fingerprint density at radius 1 is 1.15 bits per heavy atom. The third kappa shape index (κ3) is 2.58. The standard InChI is InChI=1S/C22H30O5/c1-13(6-5-11-23)18-14(24)12-16-20(2)10-8-17(25)22(4,19(26)27)15(20)7-9-21(16,18)3/h5-6,11,15-17,25H,7-10,12H2,1-4H3,(H,26,27)/b6-5+,18-13+/t15-,16+,17-,20+,21+,22-/m1/s1. The van der Waals surface area contributed by atoms with Gasteiger partial charge in [-0.15, -0.1) is 0 Å². The summed E-state index contributed by atoms with van der Waals surface area (Å²) in [4.78, 5) is 35.8. The second-order valence-electron chi connectivity index (χ2n) is 9.39. The van der Waals surface area contributed by atoms with Crippen molar-refractivity contribution >= 4 is 18.0 Å². The van der Waals surface area contributed by atoms with Crippen molar-refractivity contribution in [3.05, 3.63) is 23.3 Å². The molecule has 0 unspecified atom stereocenters. The molecule has 0 aromatic carbocycles. The van der Waals surface area contributed by atoms with E-state index >= 15 is 0 Å². The summed E-state index contributed by atoms with van der Waals surface area (Å²) in [7, 11) is 0. The minimum atomic E-state index is -1.18. The van der Waals surface area contributed by atoms with Crippen molar-refractivity contribution in [3.63, 3.8) is 0 Å². The van der Waals surface area contributed by atoms with Crippen LogP contribution >= 0.6 is 0 Å². The highest BCUT2D eigenvalue weighted by molar-refractivity contribution is 6.01. The van der Waals surface area contributed by atoms with E-state index in [1.54, 1.807) is 13.0 Å². The van der Waals surface area contributed by atoms with Crippen LogP contribution in [0.4, 0.5) is 0 Å². The quantitative estimate of drug-likeness (QED) is 0.584. The number of fused-ring (bicyclic) bond motifs is 3. The zero-order chi connectivity index (χ0) is 20.2. The summed E-state index contributed by atoms with van der Waals surface area (Å²) in [6.07, 6.45) is 5.95. The Kier molecular flexibility index (Phi) is 4.74. The minimum absolute atomic E-state index is 0.0528. The predicted octanol–water partition coefficient (Wildman–Crippen LogP) is 3.32. The lowest BCUT2D eigenvalue weighted by atomic mass is 9.43. The van der Waals surface area contributed by atoms with Crippen LogP contribution in [0.15, 0.2) is 23.3 Å². The van der Waals surface area contributed by atoms with E-state index in [0.717, 1.165) is 24.0 Å². The number of aliphatic hydroxyl groups is 1. The van der Waals surface area contributed by atoms with Crippen LogP contribution in [0, 0.1) is 28.1 Å². The molecule has 0 aromatic heterocycles. The van der Waals surface area contributed by atoms with Crippen molar-refractivity contribution in [2.45, 2.75) is 65.9 Å². The number of Topliss-reactive ketones (excluding diaryl/α,β-unsaturated/α-hetero) is 1. The summed E-state index contributed by atoms with van der Waals surface area (Å²) in [5.41, 5.74) is -0.187. The van der Waals surface area contributed by atoms with Crippen LogP contribution in [0.1, 0.15) is 59.8 Å². The average molecular weight is 374 g/mol. The lowest BCUT2D eigenvalue weighted by Gasteiger charge is -2.61. The molecule has 0 bridgehead atoms. The molecule has 5 nitrogen and oxygen atoms in total. The smallest absolute Gasteiger partial charge is 0.312 e. The first-order chi connectivity index (χ1) is 12.5. The van der Waals surface area contributed by atoms with Crippen molar-refractivity contribution < 1.29 is 24.6 Å². The van der Waals surface area contributed by atoms with Gasteiger partial charge in [-0.2, -0.15) is 0 Å². The predicted molar refractivity (Wildman–Crippen MR) is 101 cm³/mol. The van der Waals surface area contributed by atoms with Gasteiger partial charge >= 0.3 is 5.97 Å². The normalized spacial score (nSPS) is 46.1. The summed E-state index contributed by atoms with van der Waals surface area (Å²) < 4.78 is 0. The minimum Gasteiger partial charge on any atom is -0.481 e. The molecule has 6 atom stereocenters. The molecule has 0 heterocycles. The van der Waals surface area contributed by atoms with Crippen LogP contribution in [0.3, 0.4) is 0 Å². The van der Waals surface area contributed by atoms with E-state index in [-0.39, 0.29) is 28.4 Å². The third-order valence-corrected chi connectivity index (χ3v) is 8.21. The number of rotatable bonds is 3. The van der Waals surface area contributed by atoms with Gasteiger partial charge in [-0.25, -0.2) is 0 Å². The molecule has 5 heteroatoms. The first-order valence-corrected chi connectivity index (χ1v) is 9.81. The molecule has 3 rings (SSSR count). The highest BCUT2D eigenvalue weighted by Crippen LogP contribution is 2.69. The SMILES string of the molecule is CC(/C=C/C=O)=C1/C(=O)C[C@H]2[C@@]3(C)CC[C@@H](O)[C@](C)(C(=O)O)[C@@H]3CC[C@]12C. The Bertz CT molecular complexity index is 750. The number of allylic oxidation sites excluding steroid dienone is 4. The molecule has 0 amide bonds. The zero-order valence-electron chi connectivity index (χ0n) is 16.6. The number of aliphatic carboxylic acids is 1. The number of carbonyl (C=O) groups is 3. The van der Waals surface area contributed by atoms with E-state index in [9.17, 15) is 24.6 Å². The largest absolute Gasteiger partial charge is 0.481 e. The Hall–Kier alpha value is -1.75. The molecule has 0 aliphatic heterocycles. The number of carboxylic acid groups (broad SMARTS) is 1. The number of aldehydes is 1. The second kappa shape index (κ2) is 6.40. The van der Waals surface area contributed by atoms with Crippen LogP contribution in [0.25, 0.3) is 0 Å². The maximum atomic E-state index is 13.0. The highest BCUT2D eigenvalue weighted by atomic mass is 16.4. The molecule has 3 aliphatic rings. The van der Waals surface area contributed by atoms with Gasteiger partial charge in [0.2, 0.25) is 0 Å². The summed E-state index contributed by atoms with van der Waals surface area (Å²) in [6, 6.07) is 0. The average Bonchev–Trinajstić information content (AvgIpc) is 2.88. The summed E-state index contributed by atoms with van der Waals surface area (Å²) in [6.45, 7) is 7.80. The van der Waals surface area contributed by atoms with Crippen molar-refractivity contribution in [2.24, 2.45) is 28.1 Å². The molecule has 3 saturated carbocycles. The zero-order valence-corrected chi connectivity index (χ0v) is 16.6. The van der Waals surface area contributed by atoms with Gasteiger partial charge in [0.05, 0.1) is 11.5 Å². The van der Waals surface area contributed by atoms with Gasteiger partial charge in [-0.1, -0.05) is 19.9 Å². The van der Waals surface area contributed by atoms with Gasteiger partial charge in [0.15, 0.2) is 5.78 Å². The van der Waals surface area contributed by atoms with E-state index in [1.165, 1.54) is 6.08 Å². The van der Waals surface area contributed by atoms with Crippen LogP contribution in [-0.2, 0) is 14.4 Å². The maximum Gasteiger partial charge on any atom is 0.312 e. The molecular formula is C22H30O5. The third-order valence-electron chi connectivity index (χ3n) is 8.21. The maximum absolute atomic E-state index is 13.0. The Labute approximate surface area is 160 Å². The van der Waals surface area contributed by atoms with Crippen molar-refractivity contribution in [2.75, 3.05) is 0 Å². The van der Waals surface area contributed by atoms with E-state index in [2.05, 4.69) is 13.8 Å². The van der Waals surface area contributed by atoms with Crippen molar-refractivity contribution in [1.82, 2.24) is 0 Å². The lowest BCUT2D eigenvalue weighted by molar-refractivity contribution is -0.194. The monoisotopic (exact) mass is 374 g/mol.